The molecule has 1 heterocycles. The van der Waals surface area contributed by atoms with Crippen LogP contribution in [0.25, 0.3) is 0 Å². The van der Waals surface area contributed by atoms with Crippen molar-refractivity contribution >= 4 is 11.6 Å². The highest BCUT2D eigenvalue weighted by atomic mass is 35.5. The van der Waals surface area contributed by atoms with Crippen LogP contribution in [-0.2, 0) is 6.61 Å². The number of aliphatic hydroxyl groups is 1. The fraction of sp³-hybridized carbons (Fsp3) is 0.214. The van der Waals surface area contributed by atoms with E-state index < -0.39 is 0 Å². The number of aromatic nitrogens is 1. The zero-order valence-electron chi connectivity index (χ0n) is 10.3. The Hall–Kier alpha value is -1.58. The number of ether oxygens (including phenoxy) is 1. The first-order valence-corrected chi connectivity index (χ1v) is 5.98. The van der Waals surface area contributed by atoms with Crippen molar-refractivity contribution in [1.29, 1.82) is 0 Å². The van der Waals surface area contributed by atoms with Crippen molar-refractivity contribution in [3.63, 3.8) is 0 Å². The second-order valence-corrected chi connectivity index (χ2v) is 4.54. The van der Waals surface area contributed by atoms with E-state index in [0.29, 0.717) is 16.7 Å². The van der Waals surface area contributed by atoms with Crippen LogP contribution in [0.15, 0.2) is 30.5 Å². The van der Waals surface area contributed by atoms with Crippen molar-refractivity contribution in [3.05, 3.63) is 52.2 Å². The first-order chi connectivity index (χ1) is 8.60. The van der Waals surface area contributed by atoms with Gasteiger partial charge in [0.2, 0.25) is 5.88 Å². The number of aryl methyl sites for hydroxylation is 2. The summed E-state index contributed by atoms with van der Waals surface area (Å²) in [6.45, 7) is 3.79. The van der Waals surface area contributed by atoms with Gasteiger partial charge in [-0.05, 0) is 49.2 Å². The molecule has 2 rings (SSSR count). The lowest BCUT2D eigenvalue weighted by atomic mass is 10.2. The SMILES string of the molecule is Cc1cc(Oc2ncc(CO)cc2C)ccc1Cl. The second-order valence-electron chi connectivity index (χ2n) is 4.14. The lowest BCUT2D eigenvalue weighted by Crippen LogP contribution is -1.94. The van der Waals surface area contributed by atoms with Crippen LogP contribution in [0.2, 0.25) is 5.02 Å². The molecule has 0 bridgehead atoms. The molecule has 0 radical (unpaired) electrons. The van der Waals surface area contributed by atoms with Crippen LogP contribution < -0.4 is 4.74 Å². The molecule has 0 unspecified atom stereocenters. The zero-order valence-corrected chi connectivity index (χ0v) is 11.0. The highest BCUT2D eigenvalue weighted by molar-refractivity contribution is 6.31. The maximum Gasteiger partial charge on any atom is 0.222 e. The molecule has 0 spiro atoms. The largest absolute Gasteiger partial charge is 0.439 e. The third-order valence-electron chi connectivity index (χ3n) is 2.61. The van der Waals surface area contributed by atoms with E-state index in [4.69, 9.17) is 21.4 Å². The molecule has 0 atom stereocenters. The number of pyridine rings is 1. The molecule has 94 valence electrons. The standard InChI is InChI=1S/C14H14ClNO2/c1-9-6-12(3-4-13(9)15)18-14-10(2)5-11(8-17)7-16-14/h3-7,17H,8H2,1-2H3. The van der Waals surface area contributed by atoms with Crippen molar-refractivity contribution < 1.29 is 9.84 Å². The average molecular weight is 264 g/mol. The summed E-state index contributed by atoms with van der Waals surface area (Å²) in [5.74, 6) is 1.23. The van der Waals surface area contributed by atoms with E-state index in [1.54, 1.807) is 18.3 Å². The van der Waals surface area contributed by atoms with Crippen molar-refractivity contribution in [2.75, 3.05) is 0 Å². The Morgan fingerprint density at radius 2 is 2.00 bits per heavy atom. The number of benzene rings is 1. The Morgan fingerprint density at radius 3 is 2.61 bits per heavy atom. The van der Waals surface area contributed by atoms with Crippen molar-refractivity contribution in [1.82, 2.24) is 4.98 Å². The van der Waals surface area contributed by atoms with Crippen LogP contribution in [0.3, 0.4) is 0 Å². The topological polar surface area (TPSA) is 42.4 Å². The minimum absolute atomic E-state index is 0.0197. The average Bonchev–Trinajstić information content (AvgIpc) is 2.36. The molecule has 3 nitrogen and oxygen atoms in total. The first kappa shape index (κ1) is 12.9. The molecule has 0 aliphatic heterocycles. The summed E-state index contributed by atoms with van der Waals surface area (Å²) in [5.41, 5.74) is 2.61. The molecule has 0 amide bonds. The van der Waals surface area contributed by atoms with Crippen LogP contribution in [-0.4, -0.2) is 10.1 Å². The first-order valence-electron chi connectivity index (χ1n) is 5.60. The Labute approximate surface area is 111 Å². The third-order valence-corrected chi connectivity index (χ3v) is 3.04. The highest BCUT2D eigenvalue weighted by Crippen LogP contribution is 2.26. The van der Waals surface area contributed by atoms with Gasteiger partial charge in [-0.3, -0.25) is 0 Å². The molecule has 0 saturated carbocycles. The number of nitrogens with zero attached hydrogens (tertiary/aromatic N) is 1. The molecular weight excluding hydrogens is 250 g/mol. The fourth-order valence-electron chi connectivity index (χ4n) is 1.61. The molecule has 0 saturated heterocycles. The maximum absolute atomic E-state index is 9.01. The van der Waals surface area contributed by atoms with Crippen molar-refractivity contribution in [2.45, 2.75) is 20.5 Å². The van der Waals surface area contributed by atoms with Crippen LogP contribution in [0, 0.1) is 13.8 Å². The van der Waals surface area contributed by atoms with Crippen LogP contribution in [0.5, 0.6) is 11.6 Å². The Balaban J connectivity index is 2.25. The van der Waals surface area contributed by atoms with Gasteiger partial charge in [0.25, 0.3) is 0 Å². The Kier molecular flexibility index (Phi) is 3.84. The zero-order chi connectivity index (χ0) is 13.1. The minimum atomic E-state index is -0.0197. The van der Waals surface area contributed by atoms with Gasteiger partial charge in [0.15, 0.2) is 0 Å². The summed E-state index contributed by atoms with van der Waals surface area (Å²) >= 11 is 5.96. The van der Waals surface area contributed by atoms with Gasteiger partial charge >= 0.3 is 0 Å². The van der Waals surface area contributed by atoms with Crippen molar-refractivity contribution in [2.24, 2.45) is 0 Å². The number of rotatable bonds is 3. The van der Waals surface area contributed by atoms with Gasteiger partial charge in [0, 0.05) is 16.8 Å². The van der Waals surface area contributed by atoms with Gasteiger partial charge in [-0.2, -0.15) is 0 Å². The molecule has 4 heteroatoms. The monoisotopic (exact) mass is 263 g/mol. The lowest BCUT2D eigenvalue weighted by Gasteiger charge is -2.09. The fourth-order valence-corrected chi connectivity index (χ4v) is 1.72. The molecule has 2 aromatic rings. The summed E-state index contributed by atoms with van der Waals surface area (Å²) in [6.07, 6.45) is 1.60. The number of hydrogen-bond donors (Lipinski definition) is 1. The Morgan fingerprint density at radius 1 is 1.22 bits per heavy atom. The van der Waals surface area contributed by atoms with E-state index in [0.717, 1.165) is 16.7 Å². The summed E-state index contributed by atoms with van der Waals surface area (Å²) in [7, 11) is 0. The maximum atomic E-state index is 9.01. The quantitative estimate of drug-likeness (QED) is 0.919. The van der Waals surface area contributed by atoms with Gasteiger partial charge < -0.3 is 9.84 Å². The van der Waals surface area contributed by atoms with Gasteiger partial charge in [-0.1, -0.05) is 11.6 Å². The molecule has 1 N–H and O–H groups in total. The highest BCUT2D eigenvalue weighted by Gasteiger charge is 2.05. The summed E-state index contributed by atoms with van der Waals surface area (Å²) in [6, 6.07) is 7.31. The predicted molar refractivity (Wildman–Crippen MR) is 71.2 cm³/mol. The van der Waals surface area contributed by atoms with Crippen molar-refractivity contribution in [3.8, 4) is 11.6 Å². The van der Waals surface area contributed by atoms with Gasteiger partial charge in [0.1, 0.15) is 5.75 Å². The summed E-state index contributed by atoms with van der Waals surface area (Å²) < 4.78 is 5.69. The summed E-state index contributed by atoms with van der Waals surface area (Å²) in [4.78, 5) is 4.18. The molecule has 1 aromatic heterocycles. The molecule has 18 heavy (non-hydrogen) atoms. The number of aliphatic hydroxyl groups excluding tert-OH is 1. The second kappa shape index (κ2) is 5.38. The van der Waals surface area contributed by atoms with E-state index in [1.807, 2.05) is 26.0 Å². The van der Waals surface area contributed by atoms with Crippen LogP contribution in [0.1, 0.15) is 16.7 Å². The molecular formula is C14H14ClNO2. The van der Waals surface area contributed by atoms with Crippen LogP contribution in [0.4, 0.5) is 0 Å². The minimum Gasteiger partial charge on any atom is -0.439 e. The lowest BCUT2D eigenvalue weighted by molar-refractivity contribution is 0.281. The third kappa shape index (κ3) is 2.81. The van der Waals surface area contributed by atoms with E-state index in [-0.39, 0.29) is 6.61 Å². The van der Waals surface area contributed by atoms with Gasteiger partial charge in [0.05, 0.1) is 6.61 Å². The van der Waals surface area contributed by atoms with Crippen LogP contribution >= 0.6 is 11.6 Å². The van der Waals surface area contributed by atoms with Gasteiger partial charge in [-0.25, -0.2) is 4.98 Å². The molecule has 1 aromatic carbocycles. The van der Waals surface area contributed by atoms with E-state index in [2.05, 4.69) is 4.98 Å². The van der Waals surface area contributed by atoms with Gasteiger partial charge in [-0.15, -0.1) is 0 Å². The Bertz CT molecular complexity index is 570. The molecule has 0 aliphatic carbocycles. The predicted octanol–water partition coefficient (Wildman–Crippen LogP) is 3.64. The van der Waals surface area contributed by atoms with E-state index in [9.17, 15) is 0 Å². The van der Waals surface area contributed by atoms with E-state index >= 15 is 0 Å². The number of hydrogen-bond acceptors (Lipinski definition) is 3. The van der Waals surface area contributed by atoms with E-state index in [1.165, 1.54) is 0 Å². The normalized spacial score (nSPS) is 10.4. The summed E-state index contributed by atoms with van der Waals surface area (Å²) in [5, 5.41) is 9.72. The smallest absolute Gasteiger partial charge is 0.222 e. The molecule has 0 fully saturated rings. The molecule has 0 aliphatic rings. The number of halogens is 1.